The molecule has 2 aromatic rings. The molecule has 1 fully saturated rings. The molecule has 1 aliphatic carbocycles. The second kappa shape index (κ2) is 8.48. The summed E-state index contributed by atoms with van der Waals surface area (Å²) in [5.41, 5.74) is 7.13. The molecule has 0 saturated heterocycles. The van der Waals surface area contributed by atoms with Gasteiger partial charge in [0.2, 0.25) is 11.9 Å². The van der Waals surface area contributed by atoms with Gasteiger partial charge in [0.15, 0.2) is 0 Å². The normalized spacial score (nSPS) is 14.4. The molecule has 1 aliphatic rings. The lowest BCUT2D eigenvalue weighted by Gasteiger charge is -2.24. The van der Waals surface area contributed by atoms with Crippen LogP contribution in [0.2, 0.25) is 0 Å². The van der Waals surface area contributed by atoms with E-state index in [1.54, 1.807) is 12.1 Å². The number of carbonyl (C=O) groups excluding carboxylic acids is 2. The number of hydrogen-bond acceptors (Lipinski definition) is 6. The predicted molar refractivity (Wildman–Crippen MR) is 105 cm³/mol. The molecule has 27 heavy (non-hydrogen) atoms. The summed E-state index contributed by atoms with van der Waals surface area (Å²) in [6.45, 7) is 1.45. The van der Waals surface area contributed by atoms with Crippen LogP contribution in [0.5, 0.6) is 0 Å². The van der Waals surface area contributed by atoms with Crippen LogP contribution < -0.4 is 21.7 Å². The van der Waals surface area contributed by atoms with E-state index in [1.807, 2.05) is 12.1 Å². The summed E-state index contributed by atoms with van der Waals surface area (Å²) in [5, 5.41) is 9.17. The summed E-state index contributed by atoms with van der Waals surface area (Å²) in [6.07, 6.45) is 7.08. The Labute approximate surface area is 158 Å². The quantitative estimate of drug-likeness (QED) is 0.622. The van der Waals surface area contributed by atoms with Crippen molar-refractivity contribution in [3.8, 4) is 0 Å². The number of hydrogen-bond donors (Lipinski definition) is 4. The van der Waals surface area contributed by atoms with Gasteiger partial charge < -0.3 is 21.7 Å². The lowest BCUT2D eigenvalue weighted by atomic mass is 9.95. The van der Waals surface area contributed by atoms with Crippen molar-refractivity contribution in [1.29, 1.82) is 0 Å². The fraction of sp³-hybridized carbons (Fsp3) is 0.368. The van der Waals surface area contributed by atoms with Gasteiger partial charge in [0, 0.05) is 30.5 Å². The zero-order valence-corrected chi connectivity index (χ0v) is 15.3. The van der Waals surface area contributed by atoms with Crippen molar-refractivity contribution in [2.24, 2.45) is 5.73 Å². The number of nitrogens with two attached hydrogens (primary N) is 1. The Morgan fingerprint density at radius 2 is 1.89 bits per heavy atom. The van der Waals surface area contributed by atoms with E-state index in [0.29, 0.717) is 17.5 Å². The minimum atomic E-state index is -0.562. The third-order valence-corrected chi connectivity index (χ3v) is 4.44. The van der Waals surface area contributed by atoms with Crippen LogP contribution in [0.4, 0.5) is 23.1 Å². The number of rotatable bonds is 6. The van der Waals surface area contributed by atoms with Gasteiger partial charge in [-0.3, -0.25) is 9.59 Å². The molecule has 3 rings (SSSR count). The van der Waals surface area contributed by atoms with Crippen LogP contribution in [0.25, 0.3) is 0 Å². The van der Waals surface area contributed by atoms with Crippen molar-refractivity contribution in [1.82, 2.24) is 9.97 Å². The zero-order chi connectivity index (χ0) is 19.2. The second-order valence-electron chi connectivity index (χ2n) is 6.69. The first-order valence-electron chi connectivity index (χ1n) is 9.09. The highest BCUT2D eigenvalue weighted by molar-refractivity contribution is 5.97. The maximum Gasteiger partial charge on any atom is 0.254 e. The molecule has 1 saturated carbocycles. The number of aromatic nitrogens is 2. The van der Waals surface area contributed by atoms with E-state index in [2.05, 4.69) is 25.9 Å². The monoisotopic (exact) mass is 368 g/mol. The molecule has 1 aromatic carbocycles. The van der Waals surface area contributed by atoms with Gasteiger partial charge in [0.25, 0.3) is 5.91 Å². The molecular weight excluding hydrogens is 344 g/mol. The number of anilines is 4. The fourth-order valence-electron chi connectivity index (χ4n) is 3.18. The number of carbonyl (C=O) groups is 2. The molecule has 0 atom stereocenters. The van der Waals surface area contributed by atoms with Crippen molar-refractivity contribution in [2.75, 3.05) is 16.0 Å². The van der Waals surface area contributed by atoms with Gasteiger partial charge in [0.1, 0.15) is 5.82 Å². The zero-order valence-electron chi connectivity index (χ0n) is 15.3. The van der Waals surface area contributed by atoms with Crippen molar-refractivity contribution in [2.45, 2.75) is 45.1 Å². The summed E-state index contributed by atoms with van der Waals surface area (Å²) < 4.78 is 0. The molecule has 2 amide bonds. The maximum absolute atomic E-state index is 11.7. The van der Waals surface area contributed by atoms with Gasteiger partial charge in [-0.15, -0.1) is 0 Å². The fourth-order valence-corrected chi connectivity index (χ4v) is 3.18. The average Bonchev–Trinajstić information content (AvgIpc) is 2.62. The summed E-state index contributed by atoms with van der Waals surface area (Å²) in [7, 11) is 0. The van der Waals surface area contributed by atoms with Crippen LogP contribution in [0, 0.1) is 0 Å². The Balaban J connectivity index is 1.80. The molecule has 8 nitrogen and oxygen atoms in total. The summed E-state index contributed by atoms with van der Waals surface area (Å²) >= 11 is 0. The van der Waals surface area contributed by atoms with Crippen LogP contribution in [-0.2, 0) is 4.79 Å². The molecule has 1 aromatic heterocycles. The van der Waals surface area contributed by atoms with Gasteiger partial charge in [-0.05, 0) is 31.0 Å². The predicted octanol–water partition coefficient (Wildman–Crippen LogP) is 3.02. The van der Waals surface area contributed by atoms with Gasteiger partial charge in [-0.1, -0.05) is 25.3 Å². The Morgan fingerprint density at radius 3 is 2.59 bits per heavy atom. The summed E-state index contributed by atoms with van der Waals surface area (Å²) in [5.74, 6) is 0.0869. The van der Waals surface area contributed by atoms with E-state index in [1.165, 1.54) is 19.5 Å². The number of amides is 2. The van der Waals surface area contributed by atoms with Crippen LogP contribution in [0.15, 0.2) is 30.5 Å². The molecule has 0 radical (unpaired) electrons. The van der Waals surface area contributed by atoms with Gasteiger partial charge in [-0.2, -0.15) is 4.98 Å². The topological polar surface area (TPSA) is 122 Å². The van der Waals surface area contributed by atoms with Gasteiger partial charge in [-0.25, -0.2) is 4.98 Å². The molecule has 0 spiro atoms. The van der Waals surface area contributed by atoms with E-state index >= 15 is 0 Å². The number of primary amides is 1. The van der Waals surface area contributed by atoms with Crippen LogP contribution >= 0.6 is 0 Å². The van der Waals surface area contributed by atoms with E-state index in [0.717, 1.165) is 31.4 Å². The van der Waals surface area contributed by atoms with E-state index in [4.69, 9.17) is 5.73 Å². The highest BCUT2D eigenvalue weighted by Gasteiger charge is 2.18. The van der Waals surface area contributed by atoms with E-state index < -0.39 is 5.91 Å². The van der Waals surface area contributed by atoms with Crippen LogP contribution in [0.1, 0.15) is 49.4 Å². The minimum Gasteiger partial charge on any atom is -0.367 e. The smallest absolute Gasteiger partial charge is 0.254 e. The van der Waals surface area contributed by atoms with E-state index in [9.17, 15) is 9.59 Å². The average molecular weight is 368 g/mol. The Morgan fingerprint density at radius 1 is 1.15 bits per heavy atom. The lowest BCUT2D eigenvalue weighted by Crippen LogP contribution is -2.26. The first-order chi connectivity index (χ1) is 13.0. The van der Waals surface area contributed by atoms with Crippen molar-refractivity contribution >= 4 is 35.0 Å². The standard InChI is InChI=1S/C19H24N6O2/c1-12(26)22-14-8-5-9-15(10-14)24-19-21-11-16(17(20)27)18(25-19)23-13-6-3-2-4-7-13/h5,8-11,13H,2-4,6-7H2,1H3,(H2,20,27)(H,22,26)(H2,21,23,24,25). The maximum atomic E-state index is 11.7. The molecular formula is C19H24N6O2. The molecule has 0 bridgehead atoms. The summed E-state index contributed by atoms with van der Waals surface area (Å²) in [4.78, 5) is 31.6. The first-order valence-corrected chi connectivity index (χ1v) is 9.09. The molecule has 142 valence electrons. The molecule has 0 unspecified atom stereocenters. The Hall–Kier alpha value is -3.16. The molecule has 5 N–H and O–H groups in total. The number of benzene rings is 1. The lowest BCUT2D eigenvalue weighted by molar-refractivity contribution is -0.114. The van der Waals surface area contributed by atoms with E-state index in [-0.39, 0.29) is 17.5 Å². The summed E-state index contributed by atoms with van der Waals surface area (Å²) in [6, 6.07) is 7.50. The molecule has 8 heteroatoms. The van der Waals surface area contributed by atoms with Crippen molar-refractivity contribution in [3.63, 3.8) is 0 Å². The van der Waals surface area contributed by atoms with Gasteiger partial charge in [0.05, 0.1) is 5.56 Å². The van der Waals surface area contributed by atoms with Crippen LogP contribution in [0.3, 0.4) is 0 Å². The third kappa shape index (κ3) is 5.16. The largest absolute Gasteiger partial charge is 0.367 e. The Bertz CT molecular complexity index is 833. The SMILES string of the molecule is CC(=O)Nc1cccc(Nc2ncc(C(N)=O)c(NC3CCCCC3)n2)c1. The Kier molecular flexibility index (Phi) is 5.85. The minimum absolute atomic E-state index is 0.145. The van der Waals surface area contributed by atoms with Crippen molar-refractivity contribution < 1.29 is 9.59 Å². The number of nitrogens with one attached hydrogen (secondary N) is 3. The van der Waals surface area contributed by atoms with Crippen LogP contribution in [-0.4, -0.2) is 27.8 Å². The molecule has 1 heterocycles. The van der Waals surface area contributed by atoms with Gasteiger partial charge >= 0.3 is 0 Å². The number of nitrogens with zero attached hydrogens (tertiary/aromatic N) is 2. The highest BCUT2D eigenvalue weighted by Crippen LogP contribution is 2.24. The van der Waals surface area contributed by atoms with Crippen molar-refractivity contribution in [3.05, 3.63) is 36.0 Å². The highest BCUT2D eigenvalue weighted by atomic mass is 16.1. The second-order valence-corrected chi connectivity index (χ2v) is 6.69. The first kappa shape index (κ1) is 18.6. The molecule has 0 aliphatic heterocycles. The third-order valence-electron chi connectivity index (χ3n) is 4.44.